The molecule has 0 spiro atoms. The molecule has 20 heavy (non-hydrogen) atoms. The van der Waals surface area contributed by atoms with Crippen LogP contribution in [0.3, 0.4) is 0 Å². The molecule has 2 aliphatic heterocycles. The molecule has 2 fully saturated rings. The van der Waals surface area contributed by atoms with Gasteiger partial charge in [-0.1, -0.05) is 6.07 Å². The Labute approximate surface area is 124 Å². The Morgan fingerprint density at radius 2 is 2.15 bits per heavy atom. The van der Waals surface area contributed by atoms with E-state index >= 15 is 0 Å². The molecule has 2 aliphatic rings. The number of hydrogen-bond acceptors (Lipinski definition) is 4. The molecular formula is C15H21N3OS. The lowest BCUT2D eigenvalue weighted by Gasteiger charge is -2.29. The maximum Gasteiger partial charge on any atom is 0.242 e. The Hall–Kier alpha value is -1.20. The van der Waals surface area contributed by atoms with Crippen molar-refractivity contribution in [1.29, 1.82) is 0 Å². The normalized spacial score (nSPS) is 22.8. The van der Waals surface area contributed by atoms with Crippen LogP contribution in [0, 0.1) is 0 Å². The number of nitrogens with zero attached hydrogens (tertiary/aromatic N) is 1. The zero-order valence-corrected chi connectivity index (χ0v) is 12.4. The number of nitrogens with one attached hydrogen (secondary N) is 2. The van der Waals surface area contributed by atoms with Crippen LogP contribution in [-0.2, 0) is 4.79 Å². The molecule has 3 rings (SSSR count). The van der Waals surface area contributed by atoms with Gasteiger partial charge in [0.2, 0.25) is 5.91 Å². The molecule has 1 aromatic rings. The number of carbonyl (C=O) groups excluding carboxylic acids is 1. The molecule has 4 nitrogen and oxygen atoms in total. The predicted octanol–water partition coefficient (Wildman–Crippen LogP) is 2.28. The van der Waals surface area contributed by atoms with Crippen molar-refractivity contribution >= 4 is 29.0 Å². The predicted molar refractivity (Wildman–Crippen MR) is 85.4 cm³/mol. The van der Waals surface area contributed by atoms with E-state index < -0.39 is 0 Å². The fourth-order valence-corrected chi connectivity index (χ4v) is 3.67. The number of anilines is 2. The van der Waals surface area contributed by atoms with E-state index in [1.165, 1.54) is 24.9 Å². The lowest BCUT2D eigenvalue weighted by atomic mass is 10.1. The second-order valence-corrected chi connectivity index (χ2v) is 6.39. The van der Waals surface area contributed by atoms with Gasteiger partial charge in [0.15, 0.2) is 0 Å². The average Bonchev–Trinajstić information content (AvgIpc) is 3.03. The van der Waals surface area contributed by atoms with Crippen molar-refractivity contribution < 1.29 is 4.79 Å². The van der Waals surface area contributed by atoms with Crippen LogP contribution < -0.4 is 15.5 Å². The first-order valence-corrected chi connectivity index (χ1v) is 8.45. The molecule has 0 saturated carbocycles. The van der Waals surface area contributed by atoms with Gasteiger partial charge < -0.3 is 10.2 Å². The van der Waals surface area contributed by atoms with Crippen LogP contribution in [-0.4, -0.2) is 36.7 Å². The van der Waals surface area contributed by atoms with Crippen LogP contribution in [0.5, 0.6) is 0 Å². The van der Waals surface area contributed by atoms with Crippen LogP contribution >= 0.6 is 11.8 Å². The topological polar surface area (TPSA) is 44.4 Å². The Bertz CT molecular complexity index is 468. The largest absolute Gasteiger partial charge is 0.371 e. The van der Waals surface area contributed by atoms with Crippen molar-refractivity contribution in [1.82, 2.24) is 5.32 Å². The summed E-state index contributed by atoms with van der Waals surface area (Å²) < 4.78 is 0. The molecule has 5 heteroatoms. The van der Waals surface area contributed by atoms with E-state index in [0.29, 0.717) is 0 Å². The molecule has 108 valence electrons. The molecule has 1 unspecified atom stereocenters. The van der Waals surface area contributed by atoms with Gasteiger partial charge in [-0.15, -0.1) is 11.8 Å². The smallest absolute Gasteiger partial charge is 0.242 e. The molecule has 2 N–H and O–H groups in total. The Kier molecular flexibility index (Phi) is 4.47. The van der Waals surface area contributed by atoms with Gasteiger partial charge in [-0.2, -0.15) is 0 Å². The van der Waals surface area contributed by atoms with Gasteiger partial charge in [0, 0.05) is 36.1 Å². The maximum absolute atomic E-state index is 12.1. The molecule has 0 bridgehead atoms. The summed E-state index contributed by atoms with van der Waals surface area (Å²) in [5, 5.41) is 6.22. The molecule has 0 radical (unpaired) electrons. The fourth-order valence-electron chi connectivity index (χ4n) is 2.73. The Morgan fingerprint density at radius 1 is 1.30 bits per heavy atom. The van der Waals surface area contributed by atoms with Gasteiger partial charge in [0.1, 0.15) is 0 Å². The minimum absolute atomic E-state index is 0.0568. The van der Waals surface area contributed by atoms with Crippen LogP contribution in [0.1, 0.15) is 19.3 Å². The number of carbonyl (C=O) groups is 1. The molecule has 1 amide bonds. The monoisotopic (exact) mass is 291 g/mol. The van der Waals surface area contributed by atoms with Gasteiger partial charge in [-0.25, -0.2) is 0 Å². The van der Waals surface area contributed by atoms with Crippen molar-refractivity contribution in [3.05, 3.63) is 24.3 Å². The quantitative estimate of drug-likeness (QED) is 0.897. The van der Waals surface area contributed by atoms with Crippen molar-refractivity contribution in [3.8, 4) is 0 Å². The standard InChI is InChI=1S/C15H21N3OS/c19-15(14-10-20-11-16-14)17-12-5-4-6-13(9-12)18-7-2-1-3-8-18/h4-6,9,14,16H,1-3,7-8,10-11H2,(H,17,19). The zero-order chi connectivity index (χ0) is 13.8. The summed E-state index contributed by atoms with van der Waals surface area (Å²) in [6.45, 7) is 2.25. The Balaban J connectivity index is 1.65. The highest BCUT2D eigenvalue weighted by molar-refractivity contribution is 7.99. The number of rotatable bonds is 3. The number of piperidine rings is 1. The van der Waals surface area contributed by atoms with E-state index in [-0.39, 0.29) is 11.9 Å². The van der Waals surface area contributed by atoms with E-state index in [9.17, 15) is 4.79 Å². The third kappa shape index (κ3) is 3.27. The summed E-state index contributed by atoms with van der Waals surface area (Å²) in [7, 11) is 0. The zero-order valence-electron chi connectivity index (χ0n) is 11.6. The highest BCUT2D eigenvalue weighted by atomic mass is 32.2. The second kappa shape index (κ2) is 6.50. The van der Waals surface area contributed by atoms with Crippen molar-refractivity contribution in [2.24, 2.45) is 0 Å². The van der Waals surface area contributed by atoms with E-state index in [1.807, 2.05) is 12.1 Å². The number of hydrogen-bond donors (Lipinski definition) is 2. The first kappa shape index (κ1) is 13.8. The lowest BCUT2D eigenvalue weighted by molar-refractivity contribution is -0.117. The number of thioether (sulfide) groups is 1. The summed E-state index contributed by atoms with van der Waals surface area (Å²) in [4.78, 5) is 14.5. The van der Waals surface area contributed by atoms with Gasteiger partial charge >= 0.3 is 0 Å². The first-order chi connectivity index (χ1) is 9.83. The van der Waals surface area contributed by atoms with Gasteiger partial charge in [-0.05, 0) is 37.5 Å². The summed E-state index contributed by atoms with van der Waals surface area (Å²) in [5.74, 6) is 1.80. The summed E-state index contributed by atoms with van der Waals surface area (Å²) >= 11 is 1.77. The van der Waals surface area contributed by atoms with Crippen molar-refractivity contribution in [3.63, 3.8) is 0 Å². The minimum Gasteiger partial charge on any atom is -0.371 e. The van der Waals surface area contributed by atoms with Gasteiger partial charge in [0.05, 0.1) is 6.04 Å². The van der Waals surface area contributed by atoms with Gasteiger partial charge in [-0.3, -0.25) is 10.1 Å². The van der Waals surface area contributed by atoms with Crippen LogP contribution in [0.15, 0.2) is 24.3 Å². The van der Waals surface area contributed by atoms with E-state index in [0.717, 1.165) is 30.4 Å². The molecule has 2 saturated heterocycles. The highest BCUT2D eigenvalue weighted by Crippen LogP contribution is 2.23. The average molecular weight is 291 g/mol. The summed E-state index contributed by atoms with van der Waals surface area (Å²) in [5.41, 5.74) is 2.12. The third-order valence-corrected chi connectivity index (χ3v) is 4.81. The van der Waals surface area contributed by atoms with E-state index in [4.69, 9.17) is 0 Å². The second-order valence-electron chi connectivity index (χ2n) is 5.36. The number of benzene rings is 1. The molecular weight excluding hydrogens is 270 g/mol. The number of amides is 1. The molecule has 2 heterocycles. The van der Waals surface area contributed by atoms with Crippen LogP contribution in [0.2, 0.25) is 0 Å². The first-order valence-electron chi connectivity index (χ1n) is 7.30. The molecule has 1 atom stereocenters. The van der Waals surface area contributed by atoms with Crippen molar-refractivity contribution in [2.75, 3.05) is 34.9 Å². The summed E-state index contributed by atoms with van der Waals surface area (Å²) in [6, 6.07) is 8.15. The van der Waals surface area contributed by atoms with E-state index in [1.54, 1.807) is 11.8 Å². The van der Waals surface area contributed by atoms with Gasteiger partial charge in [0.25, 0.3) is 0 Å². The van der Waals surface area contributed by atoms with Crippen molar-refractivity contribution in [2.45, 2.75) is 25.3 Å². The molecule has 0 aliphatic carbocycles. The Morgan fingerprint density at radius 3 is 2.90 bits per heavy atom. The van der Waals surface area contributed by atoms with E-state index in [2.05, 4.69) is 27.7 Å². The summed E-state index contributed by atoms with van der Waals surface area (Å²) in [6.07, 6.45) is 3.86. The van der Waals surface area contributed by atoms with Crippen LogP contribution in [0.4, 0.5) is 11.4 Å². The molecule has 0 aromatic heterocycles. The SMILES string of the molecule is O=C(Nc1cccc(N2CCCCC2)c1)C1CSCN1. The maximum atomic E-state index is 12.1. The van der Waals surface area contributed by atoms with Crippen LogP contribution in [0.25, 0.3) is 0 Å². The lowest BCUT2D eigenvalue weighted by Crippen LogP contribution is -2.37. The molecule has 1 aromatic carbocycles. The fraction of sp³-hybridized carbons (Fsp3) is 0.533. The third-order valence-electron chi connectivity index (χ3n) is 3.87. The minimum atomic E-state index is -0.0568. The highest BCUT2D eigenvalue weighted by Gasteiger charge is 2.22.